The molecule has 1 aromatic heterocycles. The first-order valence-corrected chi connectivity index (χ1v) is 14.2. The molecule has 1 aliphatic carbocycles. The third-order valence-corrected chi connectivity index (χ3v) is 9.50. The zero-order chi connectivity index (χ0) is 25.0. The summed E-state index contributed by atoms with van der Waals surface area (Å²) in [5, 5.41) is 5.89. The van der Waals surface area contributed by atoms with E-state index in [9.17, 15) is 17.6 Å². The molecule has 12 heteroatoms. The Morgan fingerprint density at radius 1 is 1.14 bits per heavy atom. The number of piperidine rings is 1. The fourth-order valence-electron chi connectivity index (χ4n) is 4.76. The zero-order valence-electron chi connectivity index (χ0n) is 19.3. The molecule has 190 valence electrons. The van der Waals surface area contributed by atoms with Gasteiger partial charge in [0.2, 0.25) is 16.0 Å². The van der Waals surface area contributed by atoms with Crippen molar-refractivity contribution < 1.29 is 17.6 Å². The maximum Gasteiger partial charge on any atom is 0.253 e. The van der Waals surface area contributed by atoms with Gasteiger partial charge in [-0.25, -0.2) is 17.8 Å². The van der Waals surface area contributed by atoms with Gasteiger partial charge >= 0.3 is 0 Å². The Bertz CT molecular complexity index is 1170. The molecule has 0 spiro atoms. The second-order valence-electron chi connectivity index (χ2n) is 9.04. The number of anilines is 3. The summed E-state index contributed by atoms with van der Waals surface area (Å²) in [5.41, 5.74) is 5.26. The van der Waals surface area contributed by atoms with Gasteiger partial charge in [-0.3, -0.25) is 4.79 Å². The lowest BCUT2D eigenvalue weighted by atomic mass is 10.1. The standard InChI is InChI=1S/C23H30BrFN6O3S/c24-17-13-27-23(30-22(17)29-19-11-5-10-18(25)20(19)21(26)32)28-15-7-6-12-31(14-15)35(33,34)16-8-3-1-2-4-9-16/h5,10-11,13,15-16H,1-4,6-9,12,14H2,(H2,26,32)(H2,27,28,29,30)/t15-/m1/s1. The molecule has 1 aromatic carbocycles. The zero-order valence-corrected chi connectivity index (χ0v) is 21.7. The van der Waals surface area contributed by atoms with Gasteiger partial charge in [0.25, 0.3) is 5.91 Å². The van der Waals surface area contributed by atoms with Crippen molar-refractivity contribution >= 4 is 49.3 Å². The van der Waals surface area contributed by atoms with E-state index in [4.69, 9.17) is 5.73 Å². The Kier molecular flexibility index (Phi) is 8.23. The number of sulfonamides is 1. The van der Waals surface area contributed by atoms with Gasteiger partial charge in [0.1, 0.15) is 11.6 Å². The van der Waals surface area contributed by atoms with E-state index in [0.29, 0.717) is 29.3 Å². The number of nitrogens with one attached hydrogen (secondary N) is 2. The van der Waals surface area contributed by atoms with E-state index in [0.717, 1.165) is 57.4 Å². The van der Waals surface area contributed by atoms with Crippen molar-refractivity contribution in [1.82, 2.24) is 14.3 Å². The van der Waals surface area contributed by atoms with Gasteiger partial charge in [-0.2, -0.15) is 9.29 Å². The highest BCUT2D eigenvalue weighted by atomic mass is 79.9. The quantitative estimate of drug-likeness (QED) is 0.427. The summed E-state index contributed by atoms with van der Waals surface area (Å²) in [7, 11) is -3.35. The minimum absolute atomic E-state index is 0.145. The number of halogens is 2. The van der Waals surface area contributed by atoms with Crippen molar-refractivity contribution in [1.29, 1.82) is 0 Å². The molecule has 2 fully saturated rings. The molecular weight excluding hydrogens is 539 g/mol. The molecule has 1 atom stereocenters. The van der Waals surface area contributed by atoms with Crippen LogP contribution in [0.15, 0.2) is 28.9 Å². The van der Waals surface area contributed by atoms with Crippen LogP contribution in [0.3, 0.4) is 0 Å². The van der Waals surface area contributed by atoms with Crippen LogP contribution in [0, 0.1) is 5.82 Å². The molecular formula is C23H30BrFN6O3S. The van der Waals surface area contributed by atoms with Crippen LogP contribution in [-0.2, 0) is 10.0 Å². The number of nitrogens with zero attached hydrogens (tertiary/aromatic N) is 3. The monoisotopic (exact) mass is 568 g/mol. The molecule has 2 aliphatic rings. The minimum Gasteiger partial charge on any atom is -0.365 e. The maximum atomic E-state index is 14.1. The van der Waals surface area contributed by atoms with E-state index >= 15 is 0 Å². The predicted octanol–water partition coefficient (Wildman–Crippen LogP) is 4.15. The average molecular weight is 570 g/mol. The Balaban J connectivity index is 1.48. The second kappa shape index (κ2) is 11.2. The summed E-state index contributed by atoms with van der Waals surface area (Å²) < 4.78 is 42.8. The van der Waals surface area contributed by atoms with Gasteiger partial charge in [0.15, 0.2) is 0 Å². The van der Waals surface area contributed by atoms with Crippen molar-refractivity contribution in [2.24, 2.45) is 5.73 Å². The van der Waals surface area contributed by atoms with Gasteiger partial charge in [-0.15, -0.1) is 0 Å². The van der Waals surface area contributed by atoms with Gasteiger partial charge in [-0.05, 0) is 53.7 Å². The summed E-state index contributed by atoms with van der Waals surface area (Å²) in [6, 6.07) is 4.01. The SMILES string of the molecule is NC(=O)c1c(F)cccc1Nc1nc(N[C@@H]2CCCN(S(=O)(=O)C3CCCCCC3)C2)ncc1Br. The fourth-order valence-corrected chi connectivity index (χ4v) is 7.17. The first-order valence-electron chi connectivity index (χ1n) is 11.9. The lowest BCUT2D eigenvalue weighted by Crippen LogP contribution is -2.48. The fraction of sp³-hybridized carbons (Fsp3) is 0.522. The first-order chi connectivity index (χ1) is 16.8. The van der Waals surface area contributed by atoms with Crippen LogP contribution in [0.2, 0.25) is 0 Å². The Morgan fingerprint density at radius 3 is 2.60 bits per heavy atom. The highest BCUT2D eigenvalue weighted by Crippen LogP contribution is 2.30. The number of rotatable bonds is 7. The molecule has 4 N–H and O–H groups in total. The summed E-state index contributed by atoms with van der Waals surface area (Å²) >= 11 is 3.37. The molecule has 1 amide bonds. The molecule has 0 bridgehead atoms. The van der Waals surface area contributed by atoms with Crippen LogP contribution in [0.4, 0.5) is 21.8 Å². The second-order valence-corrected chi connectivity index (χ2v) is 12.1. The van der Waals surface area contributed by atoms with Gasteiger partial charge < -0.3 is 16.4 Å². The number of nitrogens with two attached hydrogens (primary N) is 1. The van der Waals surface area contributed by atoms with E-state index in [1.165, 1.54) is 18.3 Å². The van der Waals surface area contributed by atoms with E-state index in [1.54, 1.807) is 4.31 Å². The number of aromatic nitrogens is 2. The Labute approximate surface area is 213 Å². The van der Waals surface area contributed by atoms with Crippen LogP contribution < -0.4 is 16.4 Å². The van der Waals surface area contributed by atoms with Gasteiger partial charge in [0.05, 0.1) is 21.0 Å². The number of carbonyl (C=O) groups is 1. The van der Waals surface area contributed by atoms with Gasteiger partial charge in [-0.1, -0.05) is 31.7 Å². The highest BCUT2D eigenvalue weighted by molar-refractivity contribution is 9.10. The summed E-state index contributed by atoms with van der Waals surface area (Å²) in [6.45, 7) is 0.886. The number of benzene rings is 1. The van der Waals surface area contributed by atoms with Crippen molar-refractivity contribution in [3.05, 3.63) is 40.2 Å². The maximum absolute atomic E-state index is 14.1. The third kappa shape index (κ3) is 6.10. The molecule has 1 saturated carbocycles. The van der Waals surface area contributed by atoms with Crippen molar-refractivity contribution in [3.63, 3.8) is 0 Å². The molecule has 0 radical (unpaired) electrons. The molecule has 9 nitrogen and oxygen atoms in total. The first kappa shape index (κ1) is 25.8. The number of hydrogen-bond donors (Lipinski definition) is 3. The largest absolute Gasteiger partial charge is 0.365 e. The minimum atomic E-state index is -3.35. The van der Waals surface area contributed by atoms with Crippen molar-refractivity contribution in [2.45, 2.75) is 62.7 Å². The summed E-state index contributed by atoms with van der Waals surface area (Å²) in [4.78, 5) is 20.5. The molecule has 4 rings (SSSR count). The third-order valence-electron chi connectivity index (χ3n) is 6.56. The van der Waals surface area contributed by atoms with Crippen LogP contribution in [0.1, 0.15) is 61.7 Å². The number of primary amides is 1. The van der Waals surface area contributed by atoms with Crippen LogP contribution >= 0.6 is 15.9 Å². The van der Waals surface area contributed by atoms with E-state index in [1.807, 2.05) is 0 Å². The molecule has 1 aliphatic heterocycles. The van der Waals surface area contributed by atoms with Gasteiger partial charge in [0, 0.05) is 25.3 Å². The summed E-state index contributed by atoms with van der Waals surface area (Å²) in [5.74, 6) is -1.02. The van der Waals surface area contributed by atoms with E-state index in [2.05, 4.69) is 36.5 Å². The Morgan fingerprint density at radius 2 is 1.89 bits per heavy atom. The molecule has 2 aromatic rings. The number of carbonyl (C=O) groups excluding carboxylic acids is 1. The lowest BCUT2D eigenvalue weighted by molar-refractivity contribution is 0.0997. The highest BCUT2D eigenvalue weighted by Gasteiger charge is 2.35. The molecule has 35 heavy (non-hydrogen) atoms. The van der Waals surface area contributed by atoms with Crippen molar-refractivity contribution in [2.75, 3.05) is 23.7 Å². The summed E-state index contributed by atoms with van der Waals surface area (Å²) in [6.07, 6.45) is 8.66. The van der Waals surface area contributed by atoms with E-state index < -0.39 is 21.7 Å². The smallest absolute Gasteiger partial charge is 0.253 e. The average Bonchev–Trinajstić information content (AvgIpc) is 3.12. The molecule has 2 heterocycles. The number of amides is 1. The van der Waals surface area contributed by atoms with Crippen molar-refractivity contribution in [3.8, 4) is 0 Å². The number of hydrogen-bond acceptors (Lipinski definition) is 7. The topological polar surface area (TPSA) is 130 Å². The van der Waals surface area contributed by atoms with Crippen LogP contribution in [0.5, 0.6) is 0 Å². The predicted molar refractivity (Wildman–Crippen MR) is 137 cm³/mol. The van der Waals surface area contributed by atoms with Crippen LogP contribution in [0.25, 0.3) is 0 Å². The molecule has 0 unspecified atom stereocenters. The van der Waals surface area contributed by atoms with E-state index in [-0.39, 0.29) is 22.5 Å². The molecule has 1 saturated heterocycles. The van der Waals surface area contributed by atoms with Crippen LogP contribution in [-0.4, -0.2) is 53.0 Å². The normalized spacial score (nSPS) is 20.2. The Hall–Kier alpha value is -2.31. The lowest BCUT2D eigenvalue weighted by Gasteiger charge is -2.34.